The zero-order valence-corrected chi connectivity index (χ0v) is 14.7. The zero-order chi connectivity index (χ0) is 16.1. The van der Waals surface area contributed by atoms with E-state index in [2.05, 4.69) is 17.2 Å². The normalized spacial score (nSPS) is 12.4. The molecule has 1 amide bonds. The summed E-state index contributed by atoms with van der Waals surface area (Å²) in [4.78, 5) is 16.1. The molecule has 21 heavy (non-hydrogen) atoms. The lowest BCUT2D eigenvalue weighted by molar-refractivity contribution is -0.120. The number of aryl methyl sites for hydroxylation is 1. The van der Waals surface area contributed by atoms with Crippen LogP contribution in [0.2, 0.25) is 0 Å². The Morgan fingerprint density at radius 3 is 2.62 bits per heavy atom. The first-order valence-corrected chi connectivity index (χ1v) is 9.82. The van der Waals surface area contributed by atoms with Crippen molar-refractivity contribution in [1.29, 1.82) is 0 Å². The smallest absolute Gasteiger partial charge is 0.235 e. The predicted molar refractivity (Wildman–Crippen MR) is 86.1 cm³/mol. The molecule has 1 aromatic heterocycles. The maximum atomic E-state index is 12.1. The number of rotatable bonds is 8. The Kier molecular flexibility index (Phi) is 6.34. The molecule has 1 N–H and O–H groups in total. The van der Waals surface area contributed by atoms with Gasteiger partial charge in [0.1, 0.15) is 5.75 Å². The van der Waals surface area contributed by atoms with E-state index in [1.807, 2.05) is 20.8 Å². The maximum Gasteiger partial charge on any atom is 0.235 e. The van der Waals surface area contributed by atoms with Gasteiger partial charge >= 0.3 is 0 Å². The molecule has 7 heteroatoms. The van der Waals surface area contributed by atoms with Crippen LogP contribution in [0.15, 0.2) is 5.38 Å². The molecule has 0 aliphatic carbocycles. The fraction of sp³-hybridized carbons (Fsp3) is 0.714. The molecule has 0 radical (unpaired) electrons. The van der Waals surface area contributed by atoms with Crippen LogP contribution in [-0.4, -0.2) is 30.6 Å². The largest absolute Gasteiger partial charge is 0.350 e. The van der Waals surface area contributed by atoms with Crippen LogP contribution in [0.3, 0.4) is 0 Å². The molecule has 5 nitrogen and oxygen atoms in total. The summed E-state index contributed by atoms with van der Waals surface area (Å²) >= 11 is 1.47. The molecule has 120 valence electrons. The third-order valence-electron chi connectivity index (χ3n) is 3.14. The maximum absolute atomic E-state index is 12.1. The van der Waals surface area contributed by atoms with Crippen LogP contribution in [0.1, 0.15) is 51.2 Å². The van der Waals surface area contributed by atoms with Crippen molar-refractivity contribution in [3.63, 3.8) is 0 Å². The van der Waals surface area contributed by atoms with Gasteiger partial charge in [-0.05, 0) is 33.1 Å². The van der Waals surface area contributed by atoms with Crippen LogP contribution in [0, 0.1) is 0 Å². The van der Waals surface area contributed by atoms with Gasteiger partial charge in [-0.25, -0.2) is 13.4 Å². The van der Waals surface area contributed by atoms with Crippen molar-refractivity contribution in [2.75, 3.05) is 5.75 Å². The SMILES string of the molecule is CCCc1nc(CS(=O)(=O)CC(=O)NC(C)(C)CC)cs1. The summed E-state index contributed by atoms with van der Waals surface area (Å²) < 4.78 is 24.1. The van der Waals surface area contributed by atoms with Gasteiger partial charge in [0.05, 0.1) is 16.5 Å². The number of aromatic nitrogens is 1. The van der Waals surface area contributed by atoms with Gasteiger partial charge in [0.2, 0.25) is 5.91 Å². The van der Waals surface area contributed by atoms with E-state index >= 15 is 0 Å². The number of nitrogens with one attached hydrogen (secondary N) is 1. The number of hydrogen-bond acceptors (Lipinski definition) is 5. The van der Waals surface area contributed by atoms with Gasteiger partial charge in [0.25, 0.3) is 0 Å². The third-order valence-corrected chi connectivity index (χ3v) is 5.54. The molecular weight excluding hydrogens is 308 g/mol. The minimum atomic E-state index is -3.48. The Morgan fingerprint density at radius 1 is 1.38 bits per heavy atom. The monoisotopic (exact) mass is 332 g/mol. The van der Waals surface area contributed by atoms with Gasteiger partial charge in [-0.1, -0.05) is 13.8 Å². The van der Waals surface area contributed by atoms with Crippen molar-refractivity contribution in [2.24, 2.45) is 0 Å². The van der Waals surface area contributed by atoms with Crippen molar-refractivity contribution in [2.45, 2.75) is 58.2 Å². The zero-order valence-electron chi connectivity index (χ0n) is 13.1. The fourth-order valence-corrected chi connectivity index (χ4v) is 3.90. The highest BCUT2D eigenvalue weighted by Gasteiger charge is 2.23. The van der Waals surface area contributed by atoms with E-state index in [9.17, 15) is 13.2 Å². The van der Waals surface area contributed by atoms with E-state index in [4.69, 9.17) is 0 Å². The molecule has 1 heterocycles. The summed E-state index contributed by atoms with van der Waals surface area (Å²) in [7, 11) is -3.48. The van der Waals surface area contributed by atoms with E-state index in [1.54, 1.807) is 5.38 Å². The summed E-state index contributed by atoms with van der Waals surface area (Å²) in [6, 6.07) is 0. The van der Waals surface area contributed by atoms with Crippen LogP contribution in [-0.2, 0) is 26.8 Å². The van der Waals surface area contributed by atoms with Crippen molar-refractivity contribution in [3.8, 4) is 0 Å². The van der Waals surface area contributed by atoms with Crippen LogP contribution in [0.4, 0.5) is 0 Å². The molecule has 0 bridgehead atoms. The fourth-order valence-electron chi connectivity index (χ4n) is 1.72. The Hall–Kier alpha value is -0.950. The number of hydrogen-bond donors (Lipinski definition) is 1. The highest BCUT2D eigenvalue weighted by atomic mass is 32.2. The van der Waals surface area contributed by atoms with E-state index in [0.29, 0.717) is 5.69 Å². The number of thiazole rings is 1. The van der Waals surface area contributed by atoms with E-state index in [1.165, 1.54) is 11.3 Å². The molecular formula is C14H24N2O3S2. The Balaban J connectivity index is 2.62. The average Bonchev–Trinajstić information content (AvgIpc) is 2.74. The summed E-state index contributed by atoms with van der Waals surface area (Å²) in [5.41, 5.74) is 0.146. The van der Waals surface area contributed by atoms with Gasteiger partial charge in [-0.2, -0.15) is 0 Å². The average molecular weight is 332 g/mol. The van der Waals surface area contributed by atoms with Crippen molar-refractivity contribution in [3.05, 3.63) is 16.1 Å². The molecule has 0 spiro atoms. The highest BCUT2D eigenvalue weighted by Crippen LogP contribution is 2.14. The third kappa shape index (κ3) is 6.56. The van der Waals surface area contributed by atoms with Crippen LogP contribution >= 0.6 is 11.3 Å². The van der Waals surface area contributed by atoms with Crippen LogP contribution < -0.4 is 5.32 Å². The molecule has 0 unspecified atom stereocenters. The van der Waals surface area contributed by atoms with Crippen molar-refractivity contribution < 1.29 is 13.2 Å². The molecule has 0 fully saturated rings. The second-order valence-corrected chi connectivity index (χ2v) is 8.81. The first kappa shape index (κ1) is 18.1. The first-order chi connectivity index (χ1) is 9.67. The quantitative estimate of drug-likeness (QED) is 0.792. The van der Waals surface area contributed by atoms with Gasteiger partial charge < -0.3 is 5.32 Å². The number of carbonyl (C=O) groups is 1. The van der Waals surface area contributed by atoms with Gasteiger partial charge in [0, 0.05) is 10.9 Å². The van der Waals surface area contributed by atoms with Crippen molar-refractivity contribution in [1.82, 2.24) is 10.3 Å². The lowest BCUT2D eigenvalue weighted by atomic mass is 10.0. The van der Waals surface area contributed by atoms with Crippen molar-refractivity contribution >= 4 is 27.1 Å². The van der Waals surface area contributed by atoms with E-state index in [-0.39, 0.29) is 11.3 Å². The topological polar surface area (TPSA) is 76.1 Å². The number of carbonyl (C=O) groups excluding carboxylic acids is 1. The van der Waals surface area contributed by atoms with E-state index < -0.39 is 21.5 Å². The molecule has 0 aliphatic rings. The first-order valence-electron chi connectivity index (χ1n) is 7.12. The highest BCUT2D eigenvalue weighted by molar-refractivity contribution is 7.91. The van der Waals surface area contributed by atoms with E-state index in [0.717, 1.165) is 24.3 Å². The lowest BCUT2D eigenvalue weighted by Crippen LogP contribution is -2.45. The van der Waals surface area contributed by atoms with Gasteiger partial charge in [-0.3, -0.25) is 4.79 Å². The molecule has 0 aliphatic heterocycles. The molecule has 0 atom stereocenters. The molecule has 0 aromatic carbocycles. The van der Waals surface area contributed by atoms with Gasteiger partial charge in [0.15, 0.2) is 9.84 Å². The lowest BCUT2D eigenvalue weighted by Gasteiger charge is -2.24. The molecule has 0 saturated heterocycles. The molecule has 0 saturated carbocycles. The summed E-state index contributed by atoms with van der Waals surface area (Å²) in [5, 5.41) is 5.44. The molecule has 1 aromatic rings. The van der Waals surface area contributed by atoms with Crippen LogP contribution in [0.25, 0.3) is 0 Å². The predicted octanol–water partition coefficient (Wildman–Crippen LogP) is 2.32. The standard InChI is InChI=1S/C14H24N2O3S2/c1-5-7-13-15-11(8-20-13)9-21(18,19)10-12(17)16-14(3,4)6-2/h8H,5-7,9-10H2,1-4H3,(H,16,17). The minimum Gasteiger partial charge on any atom is -0.350 e. The number of amides is 1. The minimum absolute atomic E-state index is 0.173. The summed E-state index contributed by atoms with van der Waals surface area (Å²) in [5.74, 6) is -1.12. The Labute approximate surface area is 131 Å². The Morgan fingerprint density at radius 2 is 2.05 bits per heavy atom. The number of sulfone groups is 1. The second-order valence-electron chi connectivity index (χ2n) is 5.80. The van der Waals surface area contributed by atoms with Gasteiger partial charge in [-0.15, -0.1) is 11.3 Å². The second kappa shape index (κ2) is 7.35. The number of nitrogens with zero attached hydrogens (tertiary/aromatic N) is 1. The summed E-state index contributed by atoms with van der Waals surface area (Å²) in [6.07, 6.45) is 2.58. The molecule has 1 rings (SSSR count). The summed E-state index contributed by atoms with van der Waals surface area (Å²) in [6.45, 7) is 7.74. The Bertz CT molecular complexity index is 577. The van der Waals surface area contributed by atoms with Crippen LogP contribution in [0.5, 0.6) is 0 Å².